The van der Waals surface area contributed by atoms with Crippen LogP contribution in [0.5, 0.6) is 11.5 Å². The van der Waals surface area contributed by atoms with Crippen LogP contribution >= 0.6 is 23.4 Å². The third-order valence-electron chi connectivity index (χ3n) is 4.27. The first kappa shape index (κ1) is 21.9. The van der Waals surface area contributed by atoms with Crippen LogP contribution < -0.4 is 14.8 Å². The van der Waals surface area contributed by atoms with Crippen molar-refractivity contribution in [3.8, 4) is 11.5 Å². The minimum absolute atomic E-state index is 0.0775. The van der Waals surface area contributed by atoms with Crippen molar-refractivity contribution in [2.24, 2.45) is 0 Å². The Morgan fingerprint density at radius 1 is 0.938 bits per heavy atom. The zero-order chi connectivity index (χ0) is 22.7. The molecular formula is C22H15ClN2O5S2. The molecule has 1 heterocycles. The van der Waals surface area contributed by atoms with Gasteiger partial charge in [0, 0.05) is 5.02 Å². The highest BCUT2D eigenvalue weighted by molar-refractivity contribution is 8.18. The van der Waals surface area contributed by atoms with E-state index in [2.05, 4.69) is 10.0 Å². The smallest absolute Gasteiger partial charge is 0.290 e. The summed E-state index contributed by atoms with van der Waals surface area (Å²) < 4.78 is 33.3. The van der Waals surface area contributed by atoms with Crippen molar-refractivity contribution in [2.75, 3.05) is 4.72 Å². The molecule has 0 spiro atoms. The summed E-state index contributed by atoms with van der Waals surface area (Å²) in [7, 11) is -3.77. The number of halogens is 1. The van der Waals surface area contributed by atoms with Crippen LogP contribution in [0.2, 0.25) is 5.02 Å². The summed E-state index contributed by atoms with van der Waals surface area (Å²) in [6.07, 6.45) is 1.61. The van der Waals surface area contributed by atoms with Gasteiger partial charge in [0.1, 0.15) is 11.5 Å². The van der Waals surface area contributed by atoms with E-state index in [1.54, 1.807) is 60.7 Å². The molecule has 0 radical (unpaired) electrons. The van der Waals surface area contributed by atoms with Gasteiger partial charge in [-0.15, -0.1) is 0 Å². The SMILES string of the molecule is O=C1NC(=O)C(=Cc2ccc(Oc3ccc(S(=O)(=O)Nc4cccc(Cl)c4)cc3)cc2)S1. The van der Waals surface area contributed by atoms with E-state index in [1.807, 2.05) is 0 Å². The summed E-state index contributed by atoms with van der Waals surface area (Å²) in [6, 6.07) is 19.3. The van der Waals surface area contributed by atoms with E-state index in [0.29, 0.717) is 27.1 Å². The Balaban J connectivity index is 1.43. The number of sulfonamides is 1. The topological polar surface area (TPSA) is 102 Å². The largest absolute Gasteiger partial charge is 0.457 e. The molecule has 0 unspecified atom stereocenters. The maximum atomic E-state index is 12.6. The highest BCUT2D eigenvalue weighted by Gasteiger charge is 2.24. The van der Waals surface area contributed by atoms with E-state index >= 15 is 0 Å². The predicted octanol–water partition coefficient (Wildman–Crippen LogP) is 5.26. The van der Waals surface area contributed by atoms with Crippen molar-refractivity contribution in [1.82, 2.24) is 5.32 Å². The fourth-order valence-corrected chi connectivity index (χ4v) is 4.72. The van der Waals surface area contributed by atoms with Gasteiger partial charge in [-0.25, -0.2) is 8.42 Å². The average Bonchev–Trinajstić information content (AvgIpc) is 3.06. The Kier molecular flexibility index (Phi) is 6.22. The monoisotopic (exact) mass is 486 g/mol. The van der Waals surface area contributed by atoms with Gasteiger partial charge in [0.15, 0.2) is 0 Å². The number of nitrogens with one attached hydrogen (secondary N) is 2. The third-order valence-corrected chi connectivity index (χ3v) is 6.71. The quantitative estimate of drug-likeness (QED) is 0.461. The second-order valence-corrected chi connectivity index (χ2v) is 9.74. The number of carbonyl (C=O) groups is 2. The molecule has 0 atom stereocenters. The van der Waals surface area contributed by atoms with Crippen LogP contribution in [0.1, 0.15) is 5.56 Å². The predicted molar refractivity (Wildman–Crippen MR) is 124 cm³/mol. The summed E-state index contributed by atoms with van der Waals surface area (Å²) in [5.41, 5.74) is 1.10. The lowest BCUT2D eigenvalue weighted by Crippen LogP contribution is -2.17. The summed E-state index contributed by atoms with van der Waals surface area (Å²) in [5.74, 6) is 0.564. The lowest BCUT2D eigenvalue weighted by molar-refractivity contribution is -0.115. The van der Waals surface area contributed by atoms with E-state index in [-0.39, 0.29) is 4.90 Å². The number of carbonyl (C=O) groups excluding carboxylic acids is 2. The normalized spacial score (nSPS) is 15.0. The second-order valence-electron chi connectivity index (χ2n) is 6.61. The molecule has 2 N–H and O–H groups in total. The molecule has 3 aromatic carbocycles. The molecule has 10 heteroatoms. The molecule has 0 saturated carbocycles. The van der Waals surface area contributed by atoms with Gasteiger partial charge in [-0.1, -0.05) is 29.8 Å². The first-order valence-corrected chi connectivity index (χ1v) is 11.9. The van der Waals surface area contributed by atoms with Crippen molar-refractivity contribution in [3.63, 3.8) is 0 Å². The lowest BCUT2D eigenvalue weighted by Gasteiger charge is -2.10. The Hall–Kier alpha value is -3.27. The van der Waals surface area contributed by atoms with Crippen LogP contribution in [-0.2, 0) is 14.8 Å². The van der Waals surface area contributed by atoms with Gasteiger partial charge in [0.05, 0.1) is 15.5 Å². The minimum atomic E-state index is -3.77. The molecule has 1 fully saturated rings. The van der Waals surface area contributed by atoms with Crippen LogP contribution in [0, 0.1) is 0 Å². The fraction of sp³-hybridized carbons (Fsp3) is 0. The van der Waals surface area contributed by atoms with Gasteiger partial charge in [-0.3, -0.25) is 19.6 Å². The number of imide groups is 1. The Morgan fingerprint density at radius 2 is 1.59 bits per heavy atom. The van der Waals surface area contributed by atoms with E-state index < -0.39 is 21.2 Å². The Bertz CT molecular complexity index is 1320. The zero-order valence-corrected chi connectivity index (χ0v) is 18.6. The third kappa shape index (κ3) is 5.31. The number of ether oxygens (including phenoxy) is 1. The molecular weight excluding hydrogens is 472 g/mol. The number of benzene rings is 3. The number of thioether (sulfide) groups is 1. The van der Waals surface area contributed by atoms with Gasteiger partial charge >= 0.3 is 0 Å². The molecule has 1 aliphatic heterocycles. The van der Waals surface area contributed by atoms with Gasteiger partial charge in [-0.2, -0.15) is 0 Å². The van der Waals surface area contributed by atoms with E-state index in [9.17, 15) is 18.0 Å². The summed E-state index contributed by atoms with van der Waals surface area (Å²) in [6.45, 7) is 0. The van der Waals surface area contributed by atoms with E-state index in [4.69, 9.17) is 16.3 Å². The van der Waals surface area contributed by atoms with Gasteiger partial charge in [-0.05, 0) is 78.0 Å². The number of anilines is 1. The number of hydrogen-bond acceptors (Lipinski definition) is 6. The number of hydrogen-bond donors (Lipinski definition) is 2. The Labute approximate surface area is 193 Å². The minimum Gasteiger partial charge on any atom is -0.457 e. The average molecular weight is 487 g/mol. The molecule has 1 aliphatic rings. The van der Waals surface area contributed by atoms with Crippen molar-refractivity contribution in [1.29, 1.82) is 0 Å². The van der Waals surface area contributed by atoms with Crippen LogP contribution in [0.15, 0.2) is 82.6 Å². The fourth-order valence-electron chi connectivity index (χ4n) is 2.79. The molecule has 0 bridgehead atoms. The van der Waals surface area contributed by atoms with Crippen molar-refractivity contribution >= 4 is 56.3 Å². The van der Waals surface area contributed by atoms with Crippen molar-refractivity contribution < 1.29 is 22.7 Å². The summed E-state index contributed by atoms with van der Waals surface area (Å²) in [5, 5.41) is 2.23. The van der Waals surface area contributed by atoms with Crippen molar-refractivity contribution in [2.45, 2.75) is 4.90 Å². The molecule has 2 amide bonds. The highest BCUT2D eigenvalue weighted by Crippen LogP contribution is 2.28. The molecule has 3 aromatic rings. The first-order valence-electron chi connectivity index (χ1n) is 9.20. The lowest BCUT2D eigenvalue weighted by atomic mass is 10.2. The van der Waals surface area contributed by atoms with Crippen LogP contribution in [-0.4, -0.2) is 19.6 Å². The maximum Gasteiger partial charge on any atom is 0.290 e. The summed E-state index contributed by atoms with van der Waals surface area (Å²) in [4.78, 5) is 23.2. The van der Waals surface area contributed by atoms with Crippen LogP contribution in [0.3, 0.4) is 0 Å². The highest BCUT2D eigenvalue weighted by atomic mass is 35.5. The number of amides is 2. The molecule has 0 aromatic heterocycles. The zero-order valence-electron chi connectivity index (χ0n) is 16.2. The first-order chi connectivity index (χ1) is 15.3. The van der Waals surface area contributed by atoms with Crippen LogP contribution in [0.25, 0.3) is 6.08 Å². The summed E-state index contributed by atoms with van der Waals surface area (Å²) >= 11 is 6.74. The second kappa shape index (κ2) is 9.07. The van der Waals surface area contributed by atoms with E-state index in [1.165, 1.54) is 18.2 Å². The maximum absolute atomic E-state index is 12.6. The molecule has 32 heavy (non-hydrogen) atoms. The van der Waals surface area contributed by atoms with Gasteiger partial charge in [0.25, 0.3) is 21.2 Å². The molecule has 162 valence electrons. The molecule has 0 aliphatic carbocycles. The van der Waals surface area contributed by atoms with E-state index in [0.717, 1.165) is 17.3 Å². The number of rotatable bonds is 6. The Morgan fingerprint density at radius 3 is 2.19 bits per heavy atom. The van der Waals surface area contributed by atoms with Gasteiger partial charge in [0.2, 0.25) is 0 Å². The molecule has 7 nitrogen and oxygen atoms in total. The van der Waals surface area contributed by atoms with Crippen LogP contribution in [0.4, 0.5) is 10.5 Å². The standard InChI is InChI=1S/C22H15ClN2O5S2/c23-15-2-1-3-16(13-15)25-32(28,29)19-10-8-18(9-11-19)30-17-6-4-14(5-7-17)12-20-21(26)24-22(27)31-20/h1-13,25H,(H,24,26,27). The van der Waals surface area contributed by atoms with Crippen molar-refractivity contribution in [3.05, 3.63) is 88.3 Å². The molecule has 4 rings (SSSR count). The van der Waals surface area contributed by atoms with Gasteiger partial charge < -0.3 is 4.74 Å². The molecule has 1 saturated heterocycles.